The summed E-state index contributed by atoms with van der Waals surface area (Å²) in [6.07, 6.45) is 1.78. The van der Waals surface area contributed by atoms with Crippen LogP contribution in [-0.2, 0) is 14.8 Å². The van der Waals surface area contributed by atoms with Crippen LogP contribution in [0, 0.1) is 0 Å². The zero-order valence-electron chi connectivity index (χ0n) is 20.7. The maximum atomic E-state index is 12.0. The molecule has 37 heavy (non-hydrogen) atoms. The molecule has 0 aliphatic carbocycles. The van der Waals surface area contributed by atoms with E-state index >= 15 is 0 Å². The van der Waals surface area contributed by atoms with E-state index < -0.39 is 10.0 Å². The largest absolute Gasteiger partial charge is 0.368 e. The van der Waals surface area contributed by atoms with Crippen LogP contribution in [0.2, 0.25) is 0 Å². The first-order chi connectivity index (χ1) is 17.8. The molecular weight excluding hydrogens is 488 g/mol. The van der Waals surface area contributed by atoms with Gasteiger partial charge in [0.2, 0.25) is 21.9 Å². The van der Waals surface area contributed by atoms with E-state index in [0.29, 0.717) is 5.95 Å². The van der Waals surface area contributed by atoms with Crippen LogP contribution in [0.25, 0.3) is 22.0 Å². The van der Waals surface area contributed by atoms with Gasteiger partial charge in [-0.1, -0.05) is 30.3 Å². The Balaban J connectivity index is 1.34. The molecule has 0 unspecified atom stereocenters. The van der Waals surface area contributed by atoms with E-state index in [9.17, 15) is 13.2 Å². The summed E-state index contributed by atoms with van der Waals surface area (Å²) in [5, 5.41) is 4.21. The van der Waals surface area contributed by atoms with E-state index in [4.69, 9.17) is 4.98 Å². The number of amides is 1. The lowest BCUT2D eigenvalue weighted by Gasteiger charge is -2.35. The summed E-state index contributed by atoms with van der Waals surface area (Å²) in [5.41, 5.74) is 4.56. The average Bonchev–Trinajstić information content (AvgIpc) is 2.93. The van der Waals surface area contributed by atoms with Crippen LogP contribution in [0.1, 0.15) is 6.92 Å². The second-order valence-electron chi connectivity index (χ2n) is 8.87. The number of fused-ring (bicyclic) bond motifs is 1. The van der Waals surface area contributed by atoms with Crippen molar-refractivity contribution in [3.63, 3.8) is 0 Å². The van der Waals surface area contributed by atoms with Gasteiger partial charge in [-0.2, -0.15) is 0 Å². The van der Waals surface area contributed by atoms with E-state index in [1.165, 1.54) is 7.05 Å². The predicted octanol–water partition coefficient (Wildman–Crippen LogP) is 3.62. The maximum Gasteiger partial charge on any atom is 0.240 e. The van der Waals surface area contributed by atoms with Crippen molar-refractivity contribution in [1.29, 1.82) is 0 Å². The number of piperazine rings is 1. The number of rotatable bonds is 6. The van der Waals surface area contributed by atoms with Crippen LogP contribution in [0.5, 0.6) is 0 Å². The standard InChI is InChI=1S/C27H28N6O3S/c1-19(34)32-12-14-33(15-13-32)24-5-3-4-23(17-24)30-27-29-18-22-7-6-21(16-26(22)31-27)20-8-10-25(11-9-20)37(35,36)28-2/h3-11,16-18,28H,12-15H2,1-2H3,(H,29,30,31). The molecule has 1 aromatic heterocycles. The Bertz CT molecular complexity index is 1550. The van der Waals surface area contributed by atoms with E-state index in [1.54, 1.807) is 37.4 Å². The van der Waals surface area contributed by atoms with Crippen molar-refractivity contribution >= 4 is 44.2 Å². The molecule has 0 radical (unpaired) electrons. The fourth-order valence-corrected chi connectivity index (χ4v) is 5.13. The number of nitrogens with one attached hydrogen (secondary N) is 2. The molecule has 9 nitrogen and oxygen atoms in total. The molecule has 3 aromatic carbocycles. The van der Waals surface area contributed by atoms with Gasteiger partial charge in [-0.3, -0.25) is 4.79 Å². The molecule has 5 rings (SSSR count). The first-order valence-corrected chi connectivity index (χ1v) is 13.5. The quantitative estimate of drug-likeness (QED) is 0.403. The van der Waals surface area contributed by atoms with Gasteiger partial charge in [-0.05, 0) is 54.6 Å². The molecule has 0 saturated carbocycles. The Morgan fingerprint density at radius 2 is 1.65 bits per heavy atom. The minimum absolute atomic E-state index is 0.116. The Labute approximate surface area is 216 Å². The Kier molecular flexibility index (Phi) is 6.77. The molecule has 1 aliphatic heterocycles. The van der Waals surface area contributed by atoms with Gasteiger partial charge in [-0.15, -0.1) is 0 Å². The number of benzene rings is 3. The van der Waals surface area contributed by atoms with Crippen LogP contribution >= 0.6 is 0 Å². The van der Waals surface area contributed by atoms with Crippen molar-refractivity contribution in [3.05, 3.63) is 72.9 Å². The van der Waals surface area contributed by atoms with Crippen molar-refractivity contribution in [2.75, 3.05) is 43.4 Å². The summed E-state index contributed by atoms with van der Waals surface area (Å²) in [7, 11) is -2.09. The Morgan fingerprint density at radius 1 is 0.919 bits per heavy atom. The monoisotopic (exact) mass is 516 g/mol. The van der Waals surface area contributed by atoms with Gasteiger partial charge < -0.3 is 15.1 Å². The first kappa shape index (κ1) is 24.7. The molecule has 190 valence electrons. The van der Waals surface area contributed by atoms with Crippen molar-refractivity contribution in [2.45, 2.75) is 11.8 Å². The van der Waals surface area contributed by atoms with Gasteiger partial charge in [-0.25, -0.2) is 23.1 Å². The number of carbonyl (C=O) groups excluding carboxylic acids is 1. The minimum atomic E-state index is -3.48. The summed E-state index contributed by atoms with van der Waals surface area (Å²) >= 11 is 0. The number of hydrogen-bond donors (Lipinski definition) is 2. The number of aromatic nitrogens is 2. The van der Waals surface area contributed by atoms with Crippen LogP contribution in [0.15, 0.2) is 77.8 Å². The highest BCUT2D eigenvalue weighted by molar-refractivity contribution is 7.89. The summed E-state index contributed by atoms with van der Waals surface area (Å²) in [4.78, 5) is 25.2. The van der Waals surface area contributed by atoms with Gasteiger partial charge in [0.05, 0.1) is 10.4 Å². The molecule has 2 heterocycles. The van der Waals surface area contributed by atoms with Crippen molar-refractivity contribution in [2.24, 2.45) is 0 Å². The fraction of sp³-hybridized carbons (Fsp3) is 0.222. The molecule has 10 heteroatoms. The third kappa shape index (κ3) is 5.40. The van der Waals surface area contributed by atoms with Crippen molar-refractivity contribution in [1.82, 2.24) is 19.6 Å². The highest BCUT2D eigenvalue weighted by Crippen LogP contribution is 2.27. The highest BCUT2D eigenvalue weighted by Gasteiger charge is 2.19. The molecule has 2 N–H and O–H groups in total. The van der Waals surface area contributed by atoms with E-state index in [2.05, 4.69) is 32.1 Å². The number of carbonyl (C=O) groups is 1. The molecule has 0 atom stereocenters. The zero-order valence-corrected chi connectivity index (χ0v) is 21.5. The smallest absolute Gasteiger partial charge is 0.240 e. The molecule has 0 spiro atoms. The van der Waals surface area contributed by atoms with E-state index in [0.717, 1.165) is 59.6 Å². The number of anilines is 3. The van der Waals surface area contributed by atoms with Gasteiger partial charge in [0.25, 0.3) is 0 Å². The minimum Gasteiger partial charge on any atom is -0.368 e. The zero-order chi connectivity index (χ0) is 26.0. The molecule has 1 saturated heterocycles. The number of sulfonamides is 1. The van der Waals surface area contributed by atoms with Crippen LogP contribution < -0.4 is 14.9 Å². The highest BCUT2D eigenvalue weighted by atomic mass is 32.2. The Morgan fingerprint density at radius 3 is 2.35 bits per heavy atom. The SMILES string of the molecule is CNS(=O)(=O)c1ccc(-c2ccc3cnc(Nc4cccc(N5CCN(C(C)=O)CC5)c4)nc3c2)cc1. The summed E-state index contributed by atoms with van der Waals surface area (Å²) in [5.74, 6) is 0.601. The maximum absolute atomic E-state index is 12.0. The third-order valence-corrected chi connectivity index (χ3v) is 7.97. The van der Waals surface area contributed by atoms with Crippen LogP contribution in [0.4, 0.5) is 17.3 Å². The molecule has 4 aromatic rings. The topological polar surface area (TPSA) is 108 Å². The fourth-order valence-electron chi connectivity index (χ4n) is 4.40. The van der Waals surface area contributed by atoms with Gasteiger partial charge in [0.1, 0.15) is 0 Å². The summed E-state index contributed by atoms with van der Waals surface area (Å²) < 4.78 is 26.3. The Hall–Kier alpha value is -4.02. The van der Waals surface area contributed by atoms with E-state index in [-0.39, 0.29) is 10.8 Å². The molecule has 1 aliphatic rings. The molecule has 0 bridgehead atoms. The van der Waals surface area contributed by atoms with E-state index in [1.807, 2.05) is 35.2 Å². The van der Waals surface area contributed by atoms with Crippen molar-refractivity contribution in [3.8, 4) is 11.1 Å². The number of nitrogens with zero attached hydrogens (tertiary/aromatic N) is 4. The lowest BCUT2D eigenvalue weighted by Crippen LogP contribution is -2.48. The van der Waals surface area contributed by atoms with Crippen molar-refractivity contribution < 1.29 is 13.2 Å². The summed E-state index contributed by atoms with van der Waals surface area (Å²) in [6, 6.07) is 20.7. The molecule has 1 amide bonds. The van der Waals surface area contributed by atoms with Crippen LogP contribution in [0.3, 0.4) is 0 Å². The third-order valence-electron chi connectivity index (χ3n) is 6.54. The summed E-state index contributed by atoms with van der Waals surface area (Å²) in [6.45, 7) is 4.63. The average molecular weight is 517 g/mol. The van der Waals surface area contributed by atoms with Gasteiger partial charge in [0.15, 0.2) is 0 Å². The predicted molar refractivity (Wildman–Crippen MR) is 145 cm³/mol. The first-order valence-electron chi connectivity index (χ1n) is 12.0. The second-order valence-corrected chi connectivity index (χ2v) is 10.8. The molecule has 1 fully saturated rings. The normalized spacial score (nSPS) is 14.1. The lowest BCUT2D eigenvalue weighted by molar-refractivity contribution is -0.129. The van der Waals surface area contributed by atoms with Gasteiger partial charge >= 0.3 is 0 Å². The molecular formula is C27H28N6O3S. The van der Waals surface area contributed by atoms with Gasteiger partial charge in [0, 0.05) is 56.1 Å². The number of hydrogen-bond acceptors (Lipinski definition) is 7. The lowest BCUT2D eigenvalue weighted by atomic mass is 10.0. The second kappa shape index (κ2) is 10.2. The van der Waals surface area contributed by atoms with Crippen LogP contribution in [-0.4, -0.2) is 62.4 Å².